The predicted octanol–water partition coefficient (Wildman–Crippen LogP) is 4.33. The summed E-state index contributed by atoms with van der Waals surface area (Å²) in [6.07, 6.45) is 4.17. The molecule has 4 nitrogen and oxygen atoms in total. The van der Waals surface area contributed by atoms with Gasteiger partial charge in [0.1, 0.15) is 5.75 Å². The first kappa shape index (κ1) is 15.8. The van der Waals surface area contributed by atoms with Gasteiger partial charge in [-0.25, -0.2) is 0 Å². The molecule has 1 aromatic heterocycles. The Morgan fingerprint density at radius 1 is 0.960 bits per heavy atom. The maximum Gasteiger partial charge on any atom is 0.158 e. The lowest BCUT2D eigenvalue weighted by Gasteiger charge is -2.24. The average molecular weight is 334 g/mol. The van der Waals surface area contributed by atoms with E-state index in [0.29, 0.717) is 0 Å². The molecule has 0 amide bonds. The van der Waals surface area contributed by atoms with Crippen molar-refractivity contribution >= 4 is 5.69 Å². The summed E-state index contributed by atoms with van der Waals surface area (Å²) in [7, 11) is 1.68. The second-order valence-corrected chi connectivity index (χ2v) is 6.30. The summed E-state index contributed by atoms with van der Waals surface area (Å²) in [5, 5.41) is 0. The molecule has 1 fully saturated rings. The van der Waals surface area contributed by atoms with Crippen LogP contribution < -0.4 is 9.64 Å². The van der Waals surface area contributed by atoms with Crippen LogP contribution in [0.5, 0.6) is 5.75 Å². The van der Waals surface area contributed by atoms with E-state index in [4.69, 9.17) is 9.47 Å². The Morgan fingerprint density at radius 3 is 2.40 bits per heavy atom. The smallest absolute Gasteiger partial charge is 0.158 e. The van der Waals surface area contributed by atoms with Crippen LogP contribution in [0.3, 0.4) is 0 Å². The van der Waals surface area contributed by atoms with Crippen LogP contribution in [-0.4, -0.2) is 24.8 Å². The molecule has 0 unspecified atom stereocenters. The Kier molecular flexibility index (Phi) is 4.20. The molecule has 128 valence electrons. The van der Waals surface area contributed by atoms with Gasteiger partial charge >= 0.3 is 0 Å². The van der Waals surface area contributed by atoms with E-state index in [1.54, 1.807) is 7.11 Å². The van der Waals surface area contributed by atoms with E-state index < -0.39 is 0 Å². The summed E-state index contributed by atoms with van der Waals surface area (Å²) in [6, 6.07) is 18.8. The van der Waals surface area contributed by atoms with E-state index in [1.165, 1.54) is 11.3 Å². The van der Waals surface area contributed by atoms with Gasteiger partial charge in [-0.15, -0.1) is 0 Å². The molecule has 4 rings (SSSR count). The van der Waals surface area contributed by atoms with Gasteiger partial charge in [0.15, 0.2) is 6.23 Å². The summed E-state index contributed by atoms with van der Waals surface area (Å²) >= 11 is 0. The lowest BCUT2D eigenvalue weighted by atomic mass is 10.2. The van der Waals surface area contributed by atoms with Gasteiger partial charge in [0.25, 0.3) is 0 Å². The molecule has 0 aliphatic carbocycles. The Morgan fingerprint density at radius 2 is 1.68 bits per heavy atom. The SMILES string of the molecule is COc1ccc(-n2ccc([C@@H]3OCCN3c3ccc(C)cc3)c2)cc1. The molecule has 25 heavy (non-hydrogen) atoms. The number of nitrogens with zero attached hydrogens (tertiary/aromatic N) is 2. The van der Waals surface area contributed by atoms with Crippen LogP contribution in [0.25, 0.3) is 5.69 Å². The molecular formula is C21H22N2O2. The maximum atomic E-state index is 6.01. The molecule has 3 aromatic rings. The Labute approximate surface area is 148 Å². The van der Waals surface area contributed by atoms with Gasteiger partial charge in [-0.1, -0.05) is 17.7 Å². The second kappa shape index (κ2) is 6.65. The molecule has 0 bridgehead atoms. The minimum absolute atomic E-state index is 0.0396. The number of ether oxygens (including phenoxy) is 2. The van der Waals surface area contributed by atoms with E-state index in [1.807, 2.05) is 12.1 Å². The summed E-state index contributed by atoms with van der Waals surface area (Å²) < 4.78 is 13.4. The van der Waals surface area contributed by atoms with Crippen molar-refractivity contribution in [3.63, 3.8) is 0 Å². The van der Waals surface area contributed by atoms with Gasteiger partial charge in [-0.05, 0) is 49.4 Å². The fourth-order valence-corrected chi connectivity index (χ4v) is 3.22. The standard InChI is InChI=1S/C21H22N2O2/c1-16-3-5-19(6-4-16)23-13-14-25-21(23)17-11-12-22(15-17)18-7-9-20(24-2)10-8-18/h3-12,15,21H,13-14H2,1-2H3/t21-/m0/s1. The largest absolute Gasteiger partial charge is 0.497 e. The van der Waals surface area contributed by atoms with Crippen molar-refractivity contribution in [1.29, 1.82) is 0 Å². The molecule has 2 aromatic carbocycles. The summed E-state index contributed by atoms with van der Waals surface area (Å²) in [5.41, 5.74) is 4.73. The van der Waals surface area contributed by atoms with Crippen molar-refractivity contribution in [1.82, 2.24) is 4.57 Å². The van der Waals surface area contributed by atoms with Crippen molar-refractivity contribution in [3.8, 4) is 11.4 Å². The van der Waals surface area contributed by atoms with Gasteiger partial charge in [-0.3, -0.25) is 0 Å². The molecular weight excluding hydrogens is 312 g/mol. The van der Waals surface area contributed by atoms with E-state index >= 15 is 0 Å². The summed E-state index contributed by atoms with van der Waals surface area (Å²) in [4.78, 5) is 2.31. The second-order valence-electron chi connectivity index (χ2n) is 6.30. The van der Waals surface area contributed by atoms with Gasteiger partial charge in [-0.2, -0.15) is 0 Å². The number of benzene rings is 2. The Bertz CT molecular complexity index is 837. The van der Waals surface area contributed by atoms with Crippen LogP contribution in [0.2, 0.25) is 0 Å². The minimum Gasteiger partial charge on any atom is -0.497 e. The molecule has 0 radical (unpaired) electrons. The van der Waals surface area contributed by atoms with Gasteiger partial charge in [0.05, 0.1) is 13.7 Å². The Hall–Kier alpha value is -2.72. The van der Waals surface area contributed by atoms with Crippen molar-refractivity contribution in [2.75, 3.05) is 25.2 Å². The van der Waals surface area contributed by atoms with Crippen LogP contribution in [-0.2, 0) is 4.74 Å². The normalized spacial score (nSPS) is 17.0. The van der Waals surface area contributed by atoms with Crippen LogP contribution in [0.4, 0.5) is 5.69 Å². The van der Waals surface area contributed by atoms with Gasteiger partial charge in [0, 0.05) is 35.9 Å². The third kappa shape index (κ3) is 3.13. The molecule has 0 saturated carbocycles. The van der Waals surface area contributed by atoms with E-state index in [9.17, 15) is 0 Å². The molecule has 1 aliphatic heterocycles. The highest BCUT2D eigenvalue weighted by molar-refractivity contribution is 5.50. The quantitative estimate of drug-likeness (QED) is 0.710. The fourth-order valence-electron chi connectivity index (χ4n) is 3.22. The predicted molar refractivity (Wildman–Crippen MR) is 99.5 cm³/mol. The van der Waals surface area contributed by atoms with Crippen LogP contribution in [0.15, 0.2) is 67.0 Å². The van der Waals surface area contributed by atoms with Crippen LogP contribution in [0, 0.1) is 6.92 Å². The average Bonchev–Trinajstić information content (AvgIpc) is 3.31. The minimum atomic E-state index is -0.0396. The summed E-state index contributed by atoms with van der Waals surface area (Å²) in [6.45, 7) is 3.75. The first-order valence-corrected chi connectivity index (χ1v) is 8.52. The maximum absolute atomic E-state index is 6.01. The summed E-state index contributed by atoms with van der Waals surface area (Å²) in [5.74, 6) is 0.862. The molecule has 0 N–H and O–H groups in total. The number of aromatic nitrogens is 1. The number of anilines is 1. The first-order chi connectivity index (χ1) is 12.2. The highest BCUT2D eigenvalue weighted by Crippen LogP contribution is 2.32. The number of hydrogen-bond donors (Lipinski definition) is 0. The van der Waals surface area contributed by atoms with Crippen molar-refractivity contribution in [3.05, 3.63) is 78.1 Å². The molecule has 1 atom stereocenters. The molecule has 0 spiro atoms. The number of hydrogen-bond acceptors (Lipinski definition) is 3. The van der Waals surface area contributed by atoms with E-state index in [0.717, 1.165) is 30.2 Å². The third-order valence-electron chi connectivity index (χ3n) is 4.63. The van der Waals surface area contributed by atoms with Gasteiger partial charge in [0.2, 0.25) is 0 Å². The third-order valence-corrected chi connectivity index (χ3v) is 4.63. The highest BCUT2D eigenvalue weighted by atomic mass is 16.5. The van der Waals surface area contributed by atoms with E-state index in [-0.39, 0.29) is 6.23 Å². The molecule has 4 heteroatoms. The number of methoxy groups -OCH3 is 1. The lowest BCUT2D eigenvalue weighted by molar-refractivity contribution is 0.114. The van der Waals surface area contributed by atoms with Crippen molar-refractivity contribution < 1.29 is 9.47 Å². The zero-order valence-corrected chi connectivity index (χ0v) is 14.6. The highest BCUT2D eigenvalue weighted by Gasteiger charge is 2.27. The zero-order chi connectivity index (χ0) is 17.2. The number of aryl methyl sites for hydroxylation is 1. The van der Waals surface area contributed by atoms with E-state index in [2.05, 4.69) is 71.2 Å². The van der Waals surface area contributed by atoms with Crippen LogP contribution >= 0.6 is 0 Å². The van der Waals surface area contributed by atoms with Crippen molar-refractivity contribution in [2.24, 2.45) is 0 Å². The topological polar surface area (TPSA) is 26.6 Å². The van der Waals surface area contributed by atoms with Gasteiger partial charge < -0.3 is 18.9 Å². The van der Waals surface area contributed by atoms with Crippen LogP contribution in [0.1, 0.15) is 17.4 Å². The first-order valence-electron chi connectivity index (χ1n) is 8.52. The molecule has 2 heterocycles. The Balaban J connectivity index is 1.58. The fraction of sp³-hybridized carbons (Fsp3) is 0.238. The monoisotopic (exact) mass is 334 g/mol. The number of rotatable bonds is 4. The van der Waals surface area contributed by atoms with Crippen molar-refractivity contribution in [2.45, 2.75) is 13.2 Å². The lowest BCUT2D eigenvalue weighted by Crippen LogP contribution is -2.22. The molecule has 1 aliphatic rings. The zero-order valence-electron chi connectivity index (χ0n) is 14.6. The molecule has 1 saturated heterocycles.